The molecule has 1 aromatic heterocycles. The van der Waals surface area contributed by atoms with Gasteiger partial charge < -0.3 is 9.73 Å². The fourth-order valence-corrected chi connectivity index (χ4v) is 2.89. The van der Waals surface area contributed by atoms with Crippen molar-refractivity contribution in [2.24, 2.45) is 0 Å². The highest BCUT2D eigenvalue weighted by Gasteiger charge is 2.18. The van der Waals surface area contributed by atoms with Crippen molar-refractivity contribution in [2.75, 3.05) is 6.54 Å². The number of hydrogen-bond acceptors (Lipinski definition) is 2. The quantitative estimate of drug-likeness (QED) is 0.732. The third-order valence-electron chi connectivity index (χ3n) is 3.93. The summed E-state index contributed by atoms with van der Waals surface area (Å²) in [6, 6.07) is 17.4. The van der Waals surface area contributed by atoms with Crippen LogP contribution in [0.2, 0.25) is 0 Å². The Morgan fingerprint density at radius 2 is 1.81 bits per heavy atom. The smallest absolute Gasteiger partial charge is 0.108 e. The maximum absolute atomic E-state index is 5.61. The van der Waals surface area contributed by atoms with E-state index in [1.165, 1.54) is 21.9 Å². The molecular formula is C19H21NO. The summed E-state index contributed by atoms with van der Waals surface area (Å²) in [5.41, 5.74) is 2.53. The van der Waals surface area contributed by atoms with E-state index in [1.807, 2.05) is 0 Å². The molecule has 108 valence electrons. The minimum absolute atomic E-state index is 0.188. The molecular weight excluding hydrogens is 258 g/mol. The molecule has 1 unspecified atom stereocenters. The zero-order chi connectivity index (χ0) is 14.7. The first-order valence-electron chi connectivity index (χ1n) is 7.61. The van der Waals surface area contributed by atoms with Crippen molar-refractivity contribution < 1.29 is 4.42 Å². The monoisotopic (exact) mass is 279 g/mol. The van der Waals surface area contributed by atoms with Gasteiger partial charge in [-0.25, -0.2) is 0 Å². The van der Waals surface area contributed by atoms with E-state index >= 15 is 0 Å². The predicted octanol–water partition coefficient (Wildman–Crippen LogP) is 4.69. The third kappa shape index (κ3) is 2.72. The summed E-state index contributed by atoms with van der Waals surface area (Å²) in [6.45, 7) is 5.19. The van der Waals surface area contributed by atoms with Crippen LogP contribution < -0.4 is 5.32 Å². The van der Waals surface area contributed by atoms with Crippen LogP contribution in [0.4, 0.5) is 0 Å². The lowest BCUT2D eigenvalue weighted by molar-refractivity contribution is 0.502. The van der Waals surface area contributed by atoms with Crippen molar-refractivity contribution in [3.8, 4) is 0 Å². The molecule has 3 rings (SSSR count). The van der Waals surface area contributed by atoms with Gasteiger partial charge in [0.15, 0.2) is 0 Å². The van der Waals surface area contributed by atoms with Crippen molar-refractivity contribution in [3.05, 3.63) is 71.7 Å². The second-order valence-corrected chi connectivity index (χ2v) is 5.25. The molecule has 0 saturated carbocycles. The Morgan fingerprint density at radius 1 is 1.00 bits per heavy atom. The molecule has 1 heterocycles. The number of nitrogens with one attached hydrogen (secondary N) is 1. The topological polar surface area (TPSA) is 25.2 Å². The van der Waals surface area contributed by atoms with E-state index in [0.717, 1.165) is 18.7 Å². The fraction of sp³-hybridized carbons (Fsp3) is 0.263. The summed E-state index contributed by atoms with van der Waals surface area (Å²) in [4.78, 5) is 0. The summed E-state index contributed by atoms with van der Waals surface area (Å²) in [6.07, 6.45) is 2.71. The van der Waals surface area contributed by atoms with Crippen molar-refractivity contribution in [1.29, 1.82) is 0 Å². The number of hydrogen-bond donors (Lipinski definition) is 1. The van der Waals surface area contributed by atoms with Crippen molar-refractivity contribution in [3.63, 3.8) is 0 Å². The van der Waals surface area contributed by atoms with Gasteiger partial charge in [0, 0.05) is 12.0 Å². The first-order chi connectivity index (χ1) is 10.3. The van der Waals surface area contributed by atoms with Gasteiger partial charge in [-0.1, -0.05) is 50.2 Å². The number of benzene rings is 2. The molecule has 0 aliphatic carbocycles. The predicted molar refractivity (Wildman–Crippen MR) is 87.6 cm³/mol. The zero-order valence-electron chi connectivity index (χ0n) is 12.6. The maximum atomic E-state index is 5.61. The van der Waals surface area contributed by atoms with Crippen LogP contribution >= 0.6 is 0 Å². The molecule has 2 nitrogen and oxygen atoms in total. The molecule has 0 radical (unpaired) electrons. The van der Waals surface area contributed by atoms with Crippen LogP contribution in [-0.2, 0) is 6.42 Å². The van der Waals surface area contributed by atoms with Crippen molar-refractivity contribution in [1.82, 2.24) is 5.32 Å². The van der Waals surface area contributed by atoms with Crippen molar-refractivity contribution >= 4 is 10.8 Å². The molecule has 0 aliphatic rings. The van der Waals surface area contributed by atoms with Crippen LogP contribution in [0.25, 0.3) is 10.8 Å². The SMILES string of the molecule is CCNC(c1ccc2ccccc2c1)c1ccoc1CC. The van der Waals surface area contributed by atoms with Gasteiger partial charge in [0.25, 0.3) is 0 Å². The lowest BCUT2D eigenvalue weighted by atomic mass is 9.96. The van der Waals surface area contributed by atoms with Gasteiger partial charge in [-0.15, -0.1) is 0 Å². The Labute approximate surface area is 125 Å². The average molecular weight is 279 g/mol. The van der Waals surface area contributed by atoms with Crippen LogP contribution in [0.5, 0.6) is 0 Å². The van der Waals surface area contributed by atoms with E-state index in [2.05, 4.69) is 67.7 Å². The van der Waals surface area contributed by atoms with E-state index in [-0.39, 0.29) is 6.04 Å². The first kappa shape index (κ1) is 13.9. The number of fused-ring (bicyclic) bond motifs is 1. The summed E-state index contributed by atoms with van der Waals surface area (Å²) < 4.78 is 5.61. The number of furan rings is 1. The number of aryl methyl sites for hydroxylation is 1. The molecule has 21 heavy (non-hydrogen) atoms. The lowest BCUT2D eigenvalue weighted by Gasteiger charge is -2.19. The Kier molecular flexibility index (Phi) is 4.07. The summed E-state index contributed by atoms with van der Waals surface area (Å²) in [5, 5.41) is 6.14. The van der Waals surface area contributed by atoms with E-state index in [9.17, 15) is 0 Å². The second-order valence-electron chi connectivity index (χ2n) is 5.25. The van der Waals surface area contributed by atoms with Crippen LogP contribution in [0.1, 0.15) is 36.8 Å². The van der Waals surface area contributed by atoms with E-state index in [4.69, 9.17) is 4.42 Å². The summed E-state index contributed by atoms with van der Waals surface area (Å²) in [5.74, 6) is 1.06. The van der Waals surface area contributed by atoms with E-state index in [1.54, 1.807) is 6.26 Å². The molecule has 0 fully saturated rings. The highest BCUT2D eigenvalue weighted by Crippen LogP contribution is 2.28. The average Bonchev–Trinajstić information content (AvgIpc) is 3.00. The second kappa shape index (κ2) is 6.15. The normalized spacial score (nSPS) is 12.7. The van der Waals surface area contributed by atoms with Gasteiger partial charge in [-0.2, -0.15) is 0 Å². The minimum Gasteiger partial charge on any atom is -0.469 e. The summed E-state index contributed by atoms with van der Waals surface area (Å²) >= 11 is 0. The minimum atomic E-state index is 0.188. The van der Waals surface area contributed by atoms with Gasteiger partial charge >= 0.3 is 0 Å². The molecule has 2 heteroatoms. The standard InChI is InChI=1S/C19H21NO/c1-3-18-17(11-12-21-18)19(20-4-2)16-10-9-14-7-5-6-8-15(14)13-16/h5-13,19-20H,3-4H2,1-2H3. The zero-order valence-corrected chi connectivity index (χ0v) is 12.6. The van der Waals surface area contributed by atoms with Gasteiger partial charge in [-0.05, 0) is 35.0 Å². The molecule has 3 aromatic rings. The van der Waals surface area contributed by atoms with Gasteiger partial charge in [0.1, 0.15) is 5.76 Å². The van der Waals surface area contributed by atoms with E-state index < -0.39 is 0 Å². The van der Waals surface area contributed by atoms with Gasteiger partial charge in [-0.3, -0.25) is 0 Å². The van der Waals surface area contributed by atoms with E-state index in [0.29, 0.717) is 0 Å². The lowest BCUT2D eigenvalue weighted by Crippen LogP contribution is -2.22. The first-order valence-corrected chi connectivity index (χ1v) is 7.61. The third-order valence-corrected chi connectivity index (χ3v) is 3.93. The molecule has 0 saturated heterocycles. The molecule has 0 aliphatic heterocycles. The van der Waals surface area contributed by atoms with Crippen LogP contribution in [-0.4, -0.2) is 6.54 Å². The Hall–Kier alpha value is -2.06. The fourth-order valence-electron chi connectivity index (χ4n) is 2.89. The highest BCUT2D eigenvalue weighted by atomic mass is 16.3. The van der Waals surface area contributed by atoms with Crippen molar-refractivity contribution in [2.45, 2.75) is 26.3 Å². The molecule has 0 amide bonds. The summed E-state index contributed by atoms with van der Waals surface area (Å²) in [7, 11) is 0. The van der Waals surface area contributed by atoms with Gasteiger partial charge in [0.2, 0.25) is 0 Å². The Morgan fingerprint density at radius 3 is 2.57 bits per heavy atom. The highest BCUT2D eigenvalue weighted by molar-refractivity contribution is 5.83. The number of rotatable bonds is 5. The van der Waals surface area contributed by atoms with Crippen LogP contribution in [0.3, 0.4) is 0 Å². The van der Waals surface area contributed by atoms with Gasteiger partial charge in [0.05, 0.1) is 12.3 Å². The maximum Gasteiger partial charge on any atom is 0.108 e. The molecule has 2 aromatic carbocycles. The van der Waals surface area contributed by atoms with Crippen LogP contribution in [0.15, 0.2) is 59.2 Å². The molecule has 0 spiro atoms. The molecule has 1 atom stereocenters. The largest absolute Gasteiger partial charge is 0.469 e. The Bertz CT molecular complexity index is 729. The Balaban J connectivity index is 2.06. The van der Waals surface area contributed by atoms with Crippen LogP contribution in [0, 0.1) is 0 Å². The molecule has 1 N–H and O–H groups in total. The molecule has 0 bridgehead atoms.